The number of thiocarbonyl (C=S) groups is 1. The number of Topliss-reactive ketones (excluding diaryl/α,β-unsaturated/α-hetero) is 1. The number of likely N-dealkylation sites (tertiary alicyclic amines) is 1. The van der Waals surface area contributed by atoms with Gasteiger partial charge in [0.1, 0.15) is 11.5 Å². The maximum Gasteiger partial charge on any atom is 0.275 e. The molecule has 6 nitrogen and oxygen atoms in total. The number of ketones is 1. The highest BCUT2D eigenvalue weighted by Crippen LogP contribution is 2.32. The highest BCUT2D eigenvalue weighted by molar-refractivity contribution is 8.23. The van der Waals surface area contributed by atoms with Crippen LogP contribution in [0.2, 0.25) is 0 Å². The predicted octanol–water partition coefficient (Wildman–Crippen LogP) is 6.98. The van der Waals surface area contributed by atoms with Gasteiger partial charge in [-0.05, 0) is 50.2 Å². The normalized spacial score (nSPS) is 18.4. The summed E-state index contributed by atoms with van der Waals surface area (Å²) in [6.07, 6.45) is 5.31. The number of hydrogen-bond donors (Lipinski definition) is 1. The van der Waals surface area contributed by atoms with E-state index < -0.39 is 0 Å². The summed E-state index contributed by atoms with van der Waals surface area (Å²) in [5, 5.41) is 5.82. The van der Waals surface area contributed by atoms with E-state index in [1.165, 1.54) is 23.1 Å². The second kappa shape index (κ2) is 13.7. The van der Waals surface area contributed by atoms with Crippen molar-refractivity contribution in [2.24, 2.45) is 5.92 Å². The average molecular weight is 592 g/mol. The van der Waals surface area contributed by atoms with Gasteiger partial charge in [0.2, 0.25) is 5.91 Å². The van der Waals surface area contributed by atoms with Gasteiger partial charge < -0.3 is 10.2 Å². The third-order valence-corrected chi connectivity index (χ3v) is 10.2. The van der Waals surface area contributed by atoms with Crippen molar-refractivity contribution < 1.29 is 14.4 Å². The Bertz CT molecular complexity index is 1370. The van der Waals surface area contributed by atoms with Gasteiger partial charge >= 0.3 is 0 Å². The molecule has 1 atom stereocenters. The first-order chi connectivity index (χ1) is 19.5. The maximum atomic E-state index is 13.1. The van der Waals surface area contributed by atoms with E-state index in [4.69, 9.17) is 12.2 Å². The lowest BCUT2D eigenvalue weighted by Gasteiger charge is -2.31. The van der Waals surface area contributed by atoms with Crippen LogP contribution in [0.4, 0.5) is 5.69 Å². The lowest BCUT2D eigenvalue weighted by Crippen LogP contribution is -2.37. The Balaban J connectivity index is 1.10. The molecule has 9 heteroatoms. The van der Waals surface area contributed by atoms with Crippen molar-refractivity contribution in [1.29, 1.82) is 0 Å². The van der Waals surface area contributed by atoms with Gasteiger partial charge in [0.25, 0.3) is 5.91 Å². The summed E-state index contributed by atoms with van der Waals surface area (Å²) < 4.78 is 0.927. The molecule has 2 fully saturated rings. The number of carbonyl (C=O) groups excluding carboxylic acids is 3. The zero-order valence-electron chi connectivity index (χ0n) is 22.3. The van der Waals surface area contributed by atoms with Gasteiger partial charge in [-0.1, -0.05) is 60.7 Å². The number of amides is 2. The molecule has 2 aromatic carbocycles. The van der Waals surface area contributed by atoms with E-state index in [0.717, 1.165) is 64.5 Å². The maximum absolute atomic E-state index is 13.1. The van der Waals surface area contributed by atoms with E-state index in [9.17, 15) is 14.4 Å². The van der Waals surface area contributed by atoms with Crippen LogP contribution in [-0.2, 0) is 9.59 Å². The third-order valence-electron chi connectivity index (χ3n) is 7.68. The molecule has 40 heavy (non-hydrogen) atoms. The van der Waals surface area contributed by atoms with Gasteiger partial charge in [-0.3, -0.25) is 14.4 Å². The first-order valence-corrected chi connectivity index (χ1v) is 16.1. The highest BCUT2D eigenvalue weighted by Gasteiger charge is 2.27. The molecule has 2 amide bonds. The Hall–Kier alpha value is -2.88. The molecule has 1 N–H and O–H groups in total. The summed E-state index contributed by atoms with van der Waals surface area (Å²) in [6.45, 7) is 1.39. The zero-order chi connectivity index (χ0) is 27.9. The van der Waals surface area contributed by atoms with Gasteiger partial charge in [-0.15, -0.1) is 23.1 Å². The van der Waals surface area contributed by atoms with E-state index in [2.05, 4.69) is 10.3 Å². The Kier molecular flexibility index (Phi) is 9.78. The second-order valence-corrected chi connectivity index (χ2v) is 13.1. The molecule has 0 bridgehead atoms. The first kappa shape index (κ1) is 28.6. The van der Waals surface area contributed by atoms with E-state index in [1.54, 1.807) is 0 Å². The molecule has 3 aromatic rings. The van der Waals surface area contributed by atoms with Gasteiger partial charge in [0.15, 0.2) is 0 Å². The summed E-state index contributed by atoms with van der Waals surface area (Å²) in [4.78, 5) is 44.8. The van der Waals surface area contributed by atoms with Crippen molar-refractivity contribution in [2.75, 3.05) is 24.2 Å². The van der Waals surface area contributed by atoms with Crippen LogP contribution in [0.15, 0.2) is 60.0 Å². The number of thiazole rings is 1. The summed E-state index contributed by atoms with van der Waals surface area (Å²) in [5.41, 5.74) is 3.19. The lowest BCUT2D eigenvalue weighted by molar-refractivity contribution is -0.132. The molecule has 208 valence electrons. The van der Waals surface area contributed by atoms with Crippen LogP contribution < -0.4 is 5.32 Å². The molecule has 5 rings (SSSR count). The highest BCUT2D eigenvalue weighted by atomic mass is 32.2. The summed E-state index contributed by atoms with van der Waals surface area (Å²) in [6, 6.07) is 17.8. The van der Waals surface area contributed by atoms with Crippen LogP contribution in [0.5, 0.6) is 0 Å². The number of nitrogens with one attached hydrogen (secondary N) is 1. The quantitative estimate of drug-likeness (QED) is 0.285. The van der Waals surface area contributed by atoms with Crippen molar-refractivity contribution in [3.63, 3.8) is 0 Å². The van der Waals surface area contributed by atoms with Gasteiger partial charge in [-0.2, -0.15) is 0 Å². The van der Waals surface area contributed by atoms with E-state index >= 15 is 0 Å². The number of para-hydroxylation sites is 1. The average Bonchev–Trinajstić information content (AvgIpc) is 3.43. The van der Waals surface area contributed by atoms with Gasteiger partial charge in [-0.25, -0.2) is 4.98 Å². The molecular formula is C31H33N3O3S3. The Morgan fingerprint density at radius 3 is 2.58 bits per heavy atom. The zero-order valence-corrected chi connectivity index (χ0v) is 24.8. The fourth-order valence-electron chi connectivity index (χ4n) is 5.36. The third kappa shape index (κ3) is 7.25. The molecule has 0 saturated carbocycles. The Labute approximate surface area is 249 Å². The van der Waals surface area contributed by atoms with Crippen LogP contribution in [0, 0.1) is 5.92 Å². The van der Waals surface area contributed by atoms with Crippen molar-refractivity contribution in [2.45, 2.75) is 50.9 Å². The van der Waals surface area contributed by atoms with E-state index in [0.29, 0.717) is 31.0 Å². The van der Waals surface area contributed by atoms with Crippen LogP contribution in [0.25, 0.3) is 11.1 Å². The van der Waals surface area contributed by atoms with Crippen LogP contribution in [-0.4, -0.2) is 50.5 Å². The summed E-state index contributed by atoms with van der Waals surface area (Å²) in [5.74, 6) is 0.986. The Morgan fingerprint density at radius 2 is 1.77 bits per heavy atom. The fraction of sp³-hybridized carbons (Fsp3) is 0.387. The van der Waals surface area contributed by atoms with Crippen LogP contribution >= 0.6 is 35.3 Å². The number of anilines is 1. The molecule has 1 unspecified atom stereocenters. The van der Waals surface area contributed by atoms with Crippen molar-refractivity contribution in [1.82, 2.24) is 9.88 Å². The van der Waals surface area contributed by atoms with E-state index in [-0.39, 0.29) is 29.4 Å². The van der Waals surface area contributed by atoms with Gasteiger partial charge in [0.05, 0.1) is 10.8 Å². The molecule has 2 aliphatic heterocycles. The molecule has 0 aliphatic carbocycles. The molecule has 3 heterocycles. The molecular weight excluding hydrogens is 559 g/mol. The molecule has 0 radical (unpaired) electrons. The number of nitrogens with zero attached hydrogens (tertiary/aromatic N) is 2. The first-order valence-electron chi connectivity index (χ1n) is 13.9. The molecule has 2 saturated heterocycles. The molecule has 1 aromatic heterocycles. The SMILES string of the molecule is O=C(Nc1ccccc1-c1ccccc1)c1csc(C2CCN(C(=O)CCCC3CCC(=S)SCC3=O)CC2)n1. The minimum atomic E-state index is -0.217. The number of rotatable bonds is 8. The topological polar surface area (TPSA) is 79.4 Å². The number of thioether (sulfide) groups is 1. The van der Waals surface area contributed by atoms with Crippen LogP contribution in [0.1, 0.15) is 66.4 Å². The number of aromatic nitrogens is 1. The summed E-state index contributed by atoms with van der Waals surface area (Å²) in [7, 11) is 0. The summed E-state index contributed by atoms with van der Waals surface area (Å²) >= 11 is 8.28. The smallest absolute Gasteiger partial charge is 0.275 e. The lowest BCUT2D eigenvalue weighted by atomic mass is 9.93. The fourth-order valence-corrected chi connectivity index (χ4v) is 7.43. The minimum absolute atomic E-state index is 0.0367. The van der Waals surface area contributed by atoms with Crippen molar-refractivity contribution in [3.05, 3.63) is 70.7 Å². The van der Waals surface area contributed by atoms with E-state index in [1.807, 2.05) is 64.9 Å². The van der Waals surface area contributed by atoms with Crippen LogP contribution in [0.3, 0.4) is 0 Å². The predicted molar refractivity (Wildman–Crippen MR) is 167 cm³/mol. The number of carbonyl (C=O) groups is 3. The Morgan fingerprint density at radius 1 is 1.02 bits per heavy atom. The molecule has 0 spiro atoms. The standard InChI is InChI=1S/C31H33N3O3S3/c35-27-20-39-29(38)14-13-22(27)9-6-12-28(36)34-17-15-23(16-18-34)31-33-26(19-40-31)30(37)32-25-11-5-4-10-24(25)21-7-2-1-3-8-21/h1-5,7-8,10-11,19,22-23H,6,9,12-18,20H2,(H,32,37). The largest absolute Gasteiger partial charge is 0.343 e. The van der Waals surface area contributed by atoms with Crippen molar-refractivity contribution in [3.8, 4) is 11.1 Å². The van der Waals surface area contributed by atoms with Crippen molar-refractivity contribution >= 4 is 62.8 Å². The number of piperidine rings is 1. The minimum Gasteiger partial charge on any atom is -0.343 e. The molecule has 2 aliphatic rings. The number of hydrogen-bond acceptors (Lipinski definition) is 7. The number of benzene rings is 2. The second-order valence-electron chi connectivity index (χ2n) is 10.3. The van der Waals surface area contributed by atoms with Gasteiger partial charge in [0, 0.05) is 52.2 Å². The monoisotopic (exact) mass is 591 g/mol.